The summed E-state index contributed by atoms with van der Waals surface area (Å²) >= 11 is 3.92. The van der Waals surface area contributed by atoms with Crippen LogP contribution < -0.4 is 56.5 Å². The van der Waals surface area contributed by atoms with Crippen molar-refractivity contribution in [2.45, 2.75) is 4.90 Å². The van der Waals surface area contributed by atoms with Crippen molar-refractivity contribution in [2.24, 2.45) is 0 Å². The summed E-state index contributed by atoms with van der Waals surface area (Å²) in [5.74, 6) is -1.19. The number of aromatic carboxylic acids is 1. The van der Waals surface area contributed by atoms with Crippen molar-refractivity contribution in [2.75, 3.05) is 0 Å². The van der Waals surface area contributed by atoms with Gasteiger partial charge in [0.05, 0.1) is 5.97 Å². The summed E-state index contributed by atoms with van der Waals surface area (Å²) in [7, 11) is 0. The molecule has 0 aromatic heterocycles. The molecule has 52 valence electrons. The summed E-state index contributed by atoms with van der Waals surface area (Å²) in [5, 5.41) is 10.3. The fourth-order valence-electron chi connectivity index (χ4n) is 0.646. The third-order valence-electron chi connectivity index (χ3n) is 1.12. The maximum absolute atomic E-state index is 10.3. The van der Waals surface area contributed by atoms with Gasteiger partial charge in [0.2, 0.25) is 0 Å². The van der Waals surface area contributed by atoms with Gasteiger partial charge in [-0.15, -0.1) is 12.6 Å². The molecule has 1 aromatic rings. The first-order valence-electron chi connectivity index (χ1n) is 2.71. The summed E-state index contributed by atoms with van der Waals surface area (Å²) in [6.45, 7) is 0. The second kappa shape index (κ2) is 5.34. The van der Waals surface area contributed by atoms with Gasteiger partial charge in [-0.3, -0.25) is 0 Å². The molecule has 0 aliphatic rings. The molecule has 1 rings (SSSR count). The molecule has 0 atom stereocenters. The second-order valence-electron chi connectivity index (χ2n) is 1.80. The van der Waals surface area contributed by atoms with Crippen LogP contribution in [0.3, 0.4) is 0 Å². The molecule has 0 heterocycles. The molecule has 2 nitrogen and oxygen atoms in total. The van der Waals surface area contributed by atoms with Gasteiger partial charge in [0, 0.05) is 10.5 Å². The van der Waals surface area contributed by atoms with Crippen LogP contribution in [0.5, 0.6) is 0 Å². The fraction of sp³-hybridized carbons (Fsp3) is 0. The monoisotopic (exact) mass is 192 g/mol. The van der Waals surface area contributed by atoms with Crippen LogP contribution in [0.15, 0.2) is 29.2 Å². The minimum Gasteiger partial charge on any atom is -0.545 e. The van der Waals surface area contributed by atoms with E-state index in [9.17, 15) is 9.90 Å². The fourth-order valence-corrected chi connectivity index (χ4v) is 0.898. The first-order valence-corrected chi connectivity index (χ1v) is 3.16. The number of carboxylic acid groups (broad SMARTS) is 1. The molecule has 0 saturated heterocycles. The summed E-state index contributed by atoms with van der Waals surface area (Å²) in [5.41, 5.74) is 0.130. The number of rotatable bonds is 1. The molecular formula is C7H5KO2S. The van der Waals surface area contributed by atoms with Crippen LogP contribution in [0.1, 0.15) is 10.4 Å². The van der Waals surface area contributed by atoms with Crippen LogP contribution in [-0.4, -0.2) is 5.97 Å². The zero-order valence-electron chi connectivity index (χ0n) is 6.07. The van der Waals surface area contributed by atoms with E-state index < -0.39 is 5.97 Å². The Labute approximate surface area is 113 Å². The Morgan fingerprint density at radius 3 is 2.27 bits per heavy atom. The SMILES string of the molecule is O=C([O-])c1ccccc1S.[K+]. The molecule has 0 saturated carbocycles. The summed E-state index contributed by atoms with van der Waals surface area (Å²) in [4.78, 5) is 10.7. The van der Waals surface area contributed by atoms with Gasteiger partial charge in [-0.2, -0.15) is 0 Å². The average Bonchev–Trinajstić information content (AvgIpc) is 1.88. The van der Waals surface area contributed by atoms with Crippen molar-refractivity contribution in [1.82, 2.24) is 0 Å². The molecule has 0 spiro atoms. The smallest absolute Gasteiger partial charge is 0.545 e. The van der Waals surface area contributed by atoms with Crippen molar-refractivity contribution in [3.8, 4) is 0 Å². The number of carbonyl (C=O) groups excluding carboxylic acids is 1. The van der Waals surface area contributed by atoms with E-state index in [2.05, 4.69) is 12.6 Å². The Hall–Kier alpha value is 0.676. The van der Waals surface area contributed by atoms with Gasteiger partial charge in [0.25, 0.3) is 0 Å². The number of thiol groups is 1. The molecule has 0 aliphatic carbocycles. The van der Waals surface area contributed by atoms with Gasteiger partial charge in [-0.05, 0) is 6.07 Å². The van der Waals surface area contributed by atoms with E-state index in [1.54, 1.807) is 18.2 Å². The zero-order chi connectivity index (χ0) is 7.56. The summed E-state index contributed by atoms with van der Waals surface area (Å²) in [6.07, 6.45) is 0. The van der Waals surface area contributed by atoms with E-state index >= 15 is 0 Å². The third kappa shape index (κ3) is 3.27. The predicted molar refractivity (Wildman–Crippen MR) is 38.0 cm³/mol. The van der Waals surface area contributed by atoms with E-state index in [0.717, 1.165) is 0 Å². The Morgan fingerprint density at radius 2 is 1.91 bits per heavy atom. The van der Waals surface area contributed by atoms with Gasteiger partial charge >= 0.3 is 51.4 Å². The number of benzene rings is 1. The molecule has 1 aromatic carbocycles. The van der Waals surface area contributed by atoms with Crippen molar-refractivity contribution in [3.63, 3.8) is 0 Å². The maximum Gasteiger partial charge on any atom is 1.00 e. The quantitative estimate of drug-likeness (QED) is 0.390. The number of carbonyl (C=O) groups is 1. The average molecular weight is 192 g/mol. The van der Waals surface area contributed by atoms with Gasteiger partial charge in [0.15, 0.2) is 0 Å². The minimum absolute atomic E-state index is 0. The van der Waals surface area contributed by atoms with Crippen LogP contribution in [0.2, 0.25) is 0 Å². The minimum atomic E-state index is -1.19. The number of carboxylic acids is 1. The molecule has 0 amide bonds. The normalized spacial score (nSPS) is 8.45. The zero-order valence-corrected chi connectivity index (χ0v) is 10.1. The third-order valence-corrected chi connectivity index (χ3v) is 1.51. The van der Waals surface area contributed by atoms with E-state index in [4.69, 9.17) is 0 Å². The van der Waals surface area contributed by atoms with Crippen LogP contribution in [0.25, 0.3) is 0 Å². The van der Waals surface area contributed by atoms with E-state index in [-0.39, 0.29) is 56.9 Å². The molecule has 11 heavy (non-hydrogen) atoms. The van der Waals surface area contributed by atoms with Gasteiger partial charge in [-0.1, -0.05) is 18.2 Å². The van der Waals surface area contributed by atoms with E-state index in [0.29, 0.717) is 4.90 Å². The van der Waals surface area contributed by atoms with Crippen molar-refractivity contribution in [1.29, 1.82) is 0 Å². The molecule has 0 N–H and O–H groups in total. The van der Waals surface area contributed by atoms with Crippen molar-refractivity contribution < 1.29 is 61.3 Å². The Bertz CT molecular complexity index is 262. The molecule has 0 bridgehead atoms. The second-order valence-corrected chi connectivity index (χ2v) is 2.29. The van der Waals surface area contributed by atoms with Gasteiger partial charge in [0.1, 0.15) is 0 Å². The standard InChI is InChI=1S/C7H6O2S.K/c8-7(9)5-3-1-2-4-6(5)10;/h1-4,10H,(H,8,9);/q;+1/p-1. The molecular weight excluding hydrogens is 187 g/mol. The number of hydrogen-bond donors (Lipinski definition) is 1. The first kappa shape index (κ1) is 11.7. The summed E-state index contributed by atoms with van der Waals surface area (Å²) in [6, 6.07) is 6.41. The maximum atomic E-state index is 10.3. The molecule has 0 aliphatic heterocycles. The van der Waals surface area contributed by atoms with Crippen molar-refractivity contribution in [3.05, 3.63) is 29.8 Å². The first-order chi connectivity index (χ1) is 4.72. The Kier molecular flexibility index (Phi) is 5.67. The molecule has 0 radical (unpaired) electrons. The Morgan fingerprint density at radius 1 is 1.36 bits per heavy atom. The van der Waals surface area contributed by atoms with Crippen LogP contribution in [-0.2, 0) is 0 Å². The molecule has 4 heteroatoms. The van der Waals surface area contributed by atoms with Crippen LogP contribution in [0.4, 0.5) is 0 Å². The van der Waals surface area contributed by atoms with Gasteiger partial charge < -0.3 is 9.90 Å². The van der Waals surface area contributed by atoms with Crippen molar-refractivity contribution >= 4 is 18.6 Å². The predicted octanol–water partition coefficient (Wildman–Crippen LogP) is -2.66. The Balaban J connectivity index is 0.000001000. The van der Waals surface area contributed by atoms with Gasteiger partial charge in [-0.25, -0.2) is 0 Å². The van der Waals surface area contributed by atoms with Crippen LogP contribution in [0, 0.1) is 0 Å². The summed E-state index contributed by atoms with van der Waals surface area (Å²) < 4.78 is 0. The molecule has 0 fully saturated rings. The number of hydrogen-bond acceptors (Lipinski definition) is 3. The largest absolute Gasteiger partial charge is 1.00 e. The molecule has 0 unspecified atom stereocenters. The van der Waals surface area contributed by atoms with E-state index in [1.165, 1.54) is 6.07 Å². The topological polar surface area (TPSA) is 40.1 Å². The van der Waals surface area contributed by atoms with E-state index in [1.807, 2.05) is 0 Å². The van der Waals surface area contributed by atoms with Crippen LogP contribution >= 0.6 is 12.6 Å².